The van der Waals surface area contributed by atoms with E-state index in [1.807, 2.05) is 41.5 Å². The van der Waals surface area contributed by atoms with Gasteiger partial charge in [0.05, 0.1) is 6.61 Å². The van der Waals surface area contributed by atoms with Crippen molar-refractivity contribution in [2.45, 2.75) is 41.5 Å². The van der Waals surface area contributed by atoms with Crippen LogP contribution in [-0.4, -0.2) is 30.3 Å². The predicted molar refractivity (Wildman–Crippen MR) is 103 cm³/mol. The normalized spacial score (nSPS) is 8.92. The zero-order chi connectivity index (χ0) is 18.5. The van der Waals surface area contributed by atoms with Crippen molar-refractivity contribution in [1.82, 2.24) is 9.97 Å². The molecule has 130 valence electrons. The third-order valence-corrected chi connectivity index (χ3v) is 2.58. The monoisotopic (exact) mass is 329 g/mol. The number of nitrogens with one attached hydrogen (secondary N) is 1. The summed E-state index contributed by atoms with van der Waals surface area (Å²) in [5, 5.41) is 2.70. The van der Waals surface area contributed by atoms with Crippen molar-refractivity contribution >= 4 is 25.0 Å². The number of ether oxygens (including phenoxy) is 1. The van der Waals surface area contributed by atoms with Crippen molar-refractivity contribution < 1.29 is 11.0 Å². The fraction of sp³-hybridized carbons (Fsp3) is 0.389. The molecule has 0 saturated heterocycles. The van der Waals surface area contributed by atoms with Crippen molar-refractivity contribution in [3.05, 3.63) is 41.7 Å². The number of pyridine rings is 2. The van der Waals surface area contributed by atoms with Crippen LogP contribution in [0.2, 0.25) is 0 Å². The minimum absolute atomic E-state index is 0. The highest BCUT2D eigenvalue weighted by atomic mass is 16.5. The molecule has 2 aromatic heterocycles. The molecule has 0 atom stereocenters. The summed E-state index contributed by atoms with van der Waals surface area (Å²) in [4.78, 5) is 20.3. The lowest BCUT2D eigenvalue weighted by molar-refractivity contribution is 0.102. The maximum atomic E-state index is 12.1. The molecule has 0 aliphatic carbocycles. The number of aromatic nitrogens is 2. The number of hydrogen-bond donors (Lipinski definition) is 1. The Bertz CT molecular complexity index is 639. The number of carbonyl (C=O) groups excluding carboxylic acids is 1. The van der Waals surface area contributed by atoms with Gasteiger partial charge < -0.3 is 10.1 Å². The number of anilines is 1. The summed E-state index contributed by atoms with van der Waals surface area (Å²) in [6.45, 7) is 12.2. The van der Waals surface area contributed by atoms with Gasteiger partial charge in [-0.3, -0.25) is 4.79 Å². The molecule has 0 unspecified atom stereocenters. The number of nitrogens with zero attached hydrogens (tertiary/aromatic N) is 2. The topological polar surface area (TPSA) is 64.1 Å². The lowest BCUT2D eigenvalue weighted by Gasteiger charge is -2.08. The van der Waals surface area contributed by atoms with E-state index in [-0.39, 0.29) is 13.0 Å². The maximum Gasteiger partial charge on any atom is 0.275 e. The van der Waals surface area contributed by atoms with Crippen LogP contribution < -0.4 is 15.5 Å². The van der Waals surface area contributed by atoms with Gasteiger partial charge in [-0.1, -0.05) is 45.3 Å². The molecule has 0 spiro atoms. The van der Waals surface area contributed by atoms with Crippen molar-refractivity contribution in [1.29, 1.82) is 0 Å². The number of amides is 1. The molecule has 1 N–H and O–H groups in total. The summed E-state index contributed by atoms with van der Waals surface area (Å²) in [6, 6.07) is 6.78. The SMILES string of the molecule is CC.CC.[B]c1cnc(NC(=O)c2cccc(OCC)n2)c(C)c1.[HH]. The number of aryl methyl sites for hydroxylation is 1. The zero-order valence-corrected chi connectivity index (χ0v) is 15.4. The molecule has 0 bridgehead atoms. The van der Waals surface area contributed by atoms with E-state index in [2.05, 4.69) is 15.3 Å². The number of rotatable bonds is 4. The summed E-state index contributed by atoms with van der Waals surface area (Å²) in [5.74, 6) is 0.543. The van der Waals surface area contributed by atoms with Crippen molar-refractivity contribution in [3.63, 3.8) is 0 Å². The van der Waals surface area contributed by atoms with Gasteiger partial charge in [0, 0.05) is 13.7 Å². The van der Waals surface area contributed by atoms with Crippen LogP contribution in [0.4, 0.5) is 5.82 Å². The van der Waals surface area contributed by atoms with E-state index in [1.54, 1.807) is 24.3 Å². The van der Waals surface area contributed by atoms with Crippen LogP contribution in [-0.2, 0) is 0 Å². The van der Waals surface area contributed by atoms with Gasteiger partial charge in [-0.15, -0.1) is 0 Å². The van der Waals surface area contributed by atoms with Gasteiger partial charge in [-0.05, 0) is 25.5 Å². The molecule has 2 aromatic rings. The van der Waals surface area contributed by atoms with E-state index in [4.69, 9.17) is 12.6 Å². The molecular weight excluding hydrogens is 301 g/mol. The molecule has 1 amide bonds. The lowest BCUT2D eigenvalue weighted by Crippen LogP contribution is -2.17. The first-order chi connectivity index (χ1) is 11.6. The fourth-order valence-electron chi connectivity index (χ4n) is 1.67. The average molecular weight is 329 g/mol. The first-order valence-corrected chi connectivity index (χ1v) is 8.23. The maximum absolute atomic E-state index is 12.1. The van der Waals surface area contributed by atoms with Crippen LogP contribution in [0.1, 0.15) is 52.1 Å². The average Bonchev–Trinajstić information content (AvgIpc) is 2.61. The number of carbonyl (C=O) groups is 1. The molecule has 6 heteroatoms. The van der Waals surface area contributed by atoms with E-state index < -0.39 is 0 Å². The second-order valence-electron chi connectivity index (χ2n) is 4.18. The Morgan fingerprint density at radius 2 is 1.96 bits per heavy atom. The third kappa shape index (κ3) is 6.81. The zero-order valence-electron chi connectivity index (χ0n) is 15.4. The van der Waals surface area contributed by atoms with Gasteiger partial charge in [0.15, 0.2) is 0 Å². The van der Waals surface area contributed by atoms with Crippen LogP contribution >= 0.6 is 0 Å². The molecular formula is C18H28BN3O2. The molecule has 2 rings (SSSR count). The van der Waals surface area contributed by atoms with Crippen molar-refractivity contribution in [3.8, 4) is 5.88 Å². The second kappa shape index (κ2) is 12.1. The molecule has 2 radical (unpaired) electrons. The molecule has 5 nitrogen and oxygen atoms in total. The molecule has 0 aliphatic heterocycles. The Hall–Kier alpha value is -2.37. The molecule has 0 aliphatic rings. The molecule has 0 fully saturated rings. The highest BCUT2D eigenvalue weighted by Gasteiger charge is 2.11. The first-order valence-electron chi connectivity index (χ1n) is 8.23. The van der Waals surface area contributed by atoms with Crippen LogP contribution in [0, 0.1) is 6.92 Å². The van der Waals surface area contributed by atoms with E-state index in [9.17, 15) is 4.79 Å². The van der Waals surface area contributed by atoms with Crippen molar-refractivity contribution in [2.75, 3.05) is 11.9 Å². The Morgan fingerprint density at radius 3 is 2.54 bits per heavy atom. The van der Waals surface area contributed by atoms with Crippen LogP contribution in [0.15, 0.2) is 30.5 Å². The third-order valence-electron chi connectivity index (χ3n) is 2.58. The molecule has 24 heavy (non-hydrogen) atoms. The fourth-order valence-corrected chi connectivity index (χ4v) is 1.67. The van der Waals surface area contributed by atoms with Crippen LogP contribution in [0.25, 0.3) is 0 Å². The highest BCUT2D eigenvalue weighted by molar-refractivity contribution is 6.32. The second-order valence-corrected chi connectivity index (χ2v) is 4.18. The summed E-state index contributed by atoms with van der Waals surface area (Å²) in [6.07, 6.45) is 1.49. The summed E-state index contributed by atoms with van der Waals surface area (Å²) < 4.78 is 5.26. The molecule has 0 aromatic carbocycles. The van der Waals surface area contributed by atoms with Crippen LogP contribution in [0.3, 0.4) is 0 Å². The predicted octanol–water partition coefficient (Wildman–Crippen LogP) is 3.53. The summed E-state index contributed by atoms with van der Waals surface area (Å²) in [7, 11) is 5.62. The highest BCUT2D eigenvalue weighted by Crippen LogP contribution is 2.12. The van der Waals surface area contributed by atoms with Gasteiger partial charge in [0.25, 0.3) is 5.91 Å². The summed E-state index contributed by atoms with van der Waals surface area (Å²) >= 11 is 0. The molecule has 0 saturated carbocycles. The van der Waals surface area contributed by atoms with Gasteiger partial charge in [-0.2, -0.15) is 0 Å². The number of hydrogen-bond acceptors (Lipinski definition) is 4. The summed E-state index contributed by atoms with van der Waals surface area (Å²) in [5.41, 5.74) is 1.62. The van der Waals surface area contributed by atoms with Gasteiger partial charge in [0.2, 0.25) is 5.88 Å². The van der Waals surface area contributed by atoms with Crippen molar-refractivity contribution in [2.24, 2.45) is 0 Å². The van der Waals surface area contributed by atoms with E-state index in [1.165, 1.54) is 6.20 Å². The first kappa shape index (κ1) is 21.6. The van der Waals surface area contributed by atoms with E-state index in [0.29, 0.717) is 23.8 Å². The van der Waals surface area contributed by atoms with Gasteiger partial charge in [0.1, 0.15) is 19.4 Å². The largest absolute Gasteiger partial charge is 0.478 e. The minimum Gasteiger partial charge on any atom is -0.478 e. The standard InChI is InChI=1S/C14H14BN3O2.2C2H6.H2/c1-3-20-12-6-4-5-11(17-12)14(19)18-13-9(2)7-10(15)8-16-13;2*1-2;/h4-8H,3H2,1-2H3,(H,16,18,19);2*1-2H3;1H. The lowest BCUT2D eigenvalue weighted by atomic mass is 9.97. The molecule has 2 heterocycles. The van der Waals surface area contributed by atoms with Gasteiger partial charge in [-0.25, -0.2) is 9.97 Å². The Morgan fingerprint density at radius 1 is 1.29 bits per heavy atom. The Balaban J connectivity index is 0. The minimum atomic E-state index is -0.341. The van der Waals surface area contributed by atoms with Gasteiger partial charge >= 0.3 is 0 Å². The van der Waals surface area contributed by atoms with E-state index in [0.717, 1.165) is 5.56 Å². The quantitative estimate of drug-likeness (QED) is 0.872. The Labute approximate surface area is 147 Å². The van der Waals surface area contributed by atoms with Crippen LogP contribution in [0.5, 0.6) is 5.88 Å². The smallest absolute Gasteiger partial charge is 0.275 e. The van der Waals surface area contributed by atoms with E-state index >= 15 is 0 Å². The Kier molecular flexibility index (Phi) is 10.9.